The van der Waals surface area contributed by atoms with E-state index in [-0.39, 0.29) is 22.1 Å². The summed E-state index contributed by atoms with van der Waals surface area (Å²) >= 11 is 11.3. The maximum Gasteiger partial charge on any atom is 0.231 e. The molecule has 6 nitrogen and oxygen atoms in total. The molecule has 2 rings (SSSR count). The zero-order chi connectivity index (χ0) is 11.8. The van der Waals surface area contributed by atoms with Crippen LogP contribution in [0.5, 0.6) is 0 Å². The highest BCUT2D eigenvalue weighted by Gasteiger charge is 2.23. The molecule has 0 spiro atoms. The minimum Gasteiger partial charge on any atom is -0.339 e. The third-order valence-corrected chi connectivity index (χ3v) is 4.14. The molecule has 0 unspecified atom stereocenters. The van der Waals surface area contributed by atoms with Gasteiger partial charge in [0.15, 0.2) is 9.84 Å². The van der Waals surface area contributed by atoms with E-state index in [1.54, 1.807) is 4.90 Å². The second kappa shape index (κ2) is 4.31. The van der Waals surface area contributed by atoms with Crippen LogP contribution in [-0.4, -0.2) is 48.0 Å². The van der Waals surface area contributed by atoms with Crippen molar-refractivity contribution in [3.63, 3.8) is 0 Å². The molecule has 1 fully saturated rings. The Morgan fingerprint density at radius 2 is 1.50 bits per heavy atom. The van der Waals surface area contributed by atoms with Gasteiger partial charge in [-0.15, -0.1) is 0 Å². The molecular weight excluding hydrogens is 275 g/mol. The zero-order valence-corrected chi connectivity index (χ0v) is 10.4. The number of sulfone groups is 1. The first-order chi connectivity index (χ1) is 7.46. The molecule has 0 atom stereocenters. The van der Waals surface area contributed by atoms with Crippen molar-refractivity contribution < 1.29 is 8.42 Å². The van der Waals surface area contributed by atoms with Crippen molar-refractivity contribution in [3.05, 3.63) is 10.6 Å². The highest BCUT2D eigenvalue weighted by atomic mass is 35.5. The van der Waals surface area contributed by atoms with Crippen LogP contribution in [0, 0.1) is 0 Å². The highest BCUT2D eigenvalue weighted by molar-refractivity contribution is 7.91. The molecule has 88 valence electrons. The Morgan fingerprint density at radius 1 is 1.00 bits per heavy atom. The molecule has 9 heteroatoms. The quantitative estimate of drug-likeness (QED) is 0.743. The zero-order valence-electron chi connectivity index (χ0n) is 8.10. The van der Waals surface area contributed by atoms with Crippen LogP contribution < -0.4 is 4.90 Å². The lowest BCUT2D eigenvalue weighted by molar-refractivity contribution is 0.585. The number of rotatable bonds is 1. The average molecular weight is 283 g/mol. The monoisotopic (exact) mass is 282 g/mol. The molecule has 1 aliphatic rings. The predicted octanol–water partition coefficient (Wildman–Crippen LogP) is 0.413. The van der Waals surface area contributed by atoms with Crippen LogP contribution in [0.15, 0.2) is 0 Å². The van der Waals surface area contributed by atoms with E-state index in [2.05, 4.69) is 15.0 Å². The van der Waals surface area contributed by atoms with Gasteiger partial charge in [-0.25, -0.2) is 8.42 Å². The highest BCUT2D eigenvalue weighted by Crippen LogP contribution is 2.16. The molecule has 2 heterocycles. The molecule has 0 saturated carbocycles. The molecular formula is C7H8Cl2N4O2S. The lowest BCUT2D eigenvalue weighted by atomic mass is 10.5. The van der Waals surface area contributed by atoms with Gasteiger partial charge in [0.25, 0.3) is 0 Å². The summed E-state index contributed by atoms with van der Waals surface area (Å²) in [6.07, 6.45) is 0. The Labute approximate surface area is 103 Å². The van der Waals surface area contributed by atoms with Crippen molar-refractivity contribution in [3.8, 4) is 0 Å². The van der Waals surface area contributed by atoms with Gasteiger partial charge in [-0.05, 0) is 23.2 Å². The minimum atomic E-state index is -2.92. The maximum atomic E-state index is 11.2. The normalized spacial score (nSPS) is 19.8. The van der Waals surface area contributed by atoms with Crippen LogP contribution >= 0.6 is 23.2 Å². The Morgan fingerprint density at radius 3 is 2.00 bits per heavy atom. The number of nitrogens with zero attached hydrogens (tertiary/aromatic N) is 4. The largest absolute Gasteiger partial charge is 0.339 e. The van der Waals surface area contributed by atoms with E-state index in [0.717, 1.165) is 0 Å². The average Bonchev–Trinajstić information content (AvgIpc) is 2.15. The standard InChI is InChI=1S/C7H8Cl2N4O2S/c8-5-10-6(9)12-7(11-5)13-1-3-16(14,15)4-2-13/h1-4H2. The van der Waals surface area contributed by atoms with Crippen molar-refractivity contribution in [1.82, 2.24) is 15.0 Å². The summed E-state index contributed by atoms with van der Waals surface area (Å²) < 4.78 is 22.5. The minimum absolute atomic E-state index is 0.00318. The first kappa shape index (κ1) is 11.8. The molecule has 1 aromatic heterocycles. The number of hydrogen-bond acceptors (Lipinski definition) is 6. The summed E-state index contributed by atoms with van der Waals surface area (Å²) in [7, 11) is -2.92. The summed E-state index contributed by atoms with van der Waals surface area (Å²) in [6, 6.07) is 0. The summed E-state index contributed by atoms with van der Waals surface area (Å²) in [5.41, 5.74) is 0. The van der Waals surface area contributed by atoms with Crippen molar-refractivity contribution in [1.29, 1.82) is 0 Å². The van der Waals surface area contributed by atoms with Crippen molar-refractivity contribution in [2.45, 2.75) is 0 Å². The first-order valence-corrected chi connectivity index (χ1v) is 7.06. The van der Waals surface area contributed by atoms with E-state index in [4.69, 9.17) is 23.2 Å². The van der Waals surface area contributed by atoms with Gasteiger partial charge in [0.1, 0.15) is 0 Å². The fraction of sp³-hybridized carbons (Fsp3) is 0.571. The summed E-state index contributed by atoms with van der Waals surface area (Å²) in [5, 5.41) is 0.00635. The van der Waals surface area contributed by atoms with Crippen LogP contribution in [0.3, 0.4) is 0 Å². The Kier molecular flexibility index (Phi) is 3.18. The smallest absolute Gasteiger partial charge is 0.231 e. The van der Waals surface area contributed by atoms with E-state index in [0.29, 0.717) is 19.0 Å². The van der Waals surface area contributed by atoms with Gasteiger partial charge in [-0.3, -0.25) is 0 Å². The summed E-state index contributed by atoms with van der Waals surface area (Å²) in [6.45, 7) is 0.692. The topological polar surface area (TPSA) is 76.1 Å². The van der Waals surface area contributed by atoms with Gasteiger partial charge in [0.05, 0.1) is 11.5 Å². The molecule has 1 aliphatic heterocycles. The third-order valence-electron chi connectivity index (χ3n) is 2.20. The van der Waals surface area contributed by atoms with Crippen molar-refractivity contribution >= 4 is 39.0 Å². The fourth-order valence-corrected chi connectivity index (χ4v) is 2.93. The lowest BCUT2D eigenvalue weighted by Crippen LogP contribution is -2.41. The Bertz CT molecular complexity index is 473. The molecule has 0 N–H and O–H groups in total. The van der Waals surface area contributed by atoms with E-state index in [9.17, 15) is 8.42 Å². The summed E-state index contributed by atoms with van der Waals surface area (Å²) in [4.78, 5) is 13.1. The molecule has 0 aliphatic carbocycles. The van der Waals surface area contributed by atoms with E-state index >= 15 is 0 Å². The second-order valence-corrected chi connectivity index (χ2v) is 6.29. The molecule has 0 radical (unpaired) electrons. The van der Waals surface area contributed by atoms with Crippen molar-refractivity contribution in [2.24, 2.45) is 0 Å². The number of anilines is 1. The Hall–Kier alpha value is -0.660. The van der Waals surface area contributed by atoms with Gasteiger partial charge in [0, 0.05) is 13.1 Å². The molecule has 1 aromatic rings. The number of hydrogen-bond donors (Lipinski definition) is 0. The van der Waals surface area contributed by atoms with Gasteiger partial charge >= 0.3 is 0 Å². The van der Waals surface area contributed by atoms with Crippen LogP contribution in [0.2, 0.25) is 10.6 Å². The van der Waals surface area contributed by atoms with Crippen molar-refractivity contribution in [2.75, 3.05) is 29.5 Å². The van der Waals surface area contributed by atoms with Gasteiger partial charge in [0.2, 0.25) is 16.5 Å². The van der Waals surface area contributed by atoms with E-state index in [1.807, 2.05) is 0 Å². The SMILES string of the molecule is O=S1(=O)CCN(c2nc(Cl)nc(Cl)n2)CC1. The van der Waals surface area contributed by atoms with Gasteiger partial charge < -0.3 is 4.90 Å². The molecule has 1 saturated heterocycles. The Balaban J connectivity index is 2.20. The maximum absolute atomic E-state index is 11.2. The van der Waals surface area contributed by atoms with Crippen LogP contribution in [0.1, 0.15) is 0 Å². The van der Waals surface area contributed by atoms with Gasteiger partial charge in [-0.1, -0.05) is 0 Å². The molecule has 0 aromatic carbocycles. The third kappa shape index (κ3) is 2.72. The summed E-state index contributed by atoms with van der Waals surface area (Å²) in [5.74, 6) is 0.502. The predicted molar refractivity (Wildman–Crippen MR) is 60.7 cm³/mol. The molecule has 0 bridgehead atoms. The first-order valence-electron chi connectivity index (χ1n) is 4.49. The van der Waals surface area contributed by atoms with Crippen LogP contribution in [0.4, 0.5) is 5.95 Å². The number of halogens is 2. The number of aromatic nitrogens is 3. The fourth-order valence-electron chi connectivity index (χ4n) is 1.37. The molecule has 16 heavy (non-hydrogen) atoms. The van der Waals surface area contributed by atoms with E-state index in [1.165, 1.54) is 0 Å². The van der Waals surface area contributed by atoms with Gasteiger partial charge in [-0.2, -0.15) is 15.0 Å². The van der Waals surface area contributed by atoms with E-state index < -0.39 is 9.84 Å². The van der Waals surface area contributed by atoms with Crippen LogP contribution in [0.25, 0.3) is 0 Å². The van der Waals surface area contributed by atoms with Crippen LogP contribution in [-0.2, 0) is 9.84 Å². The second-order valence-electron chi connectivity index (χ2n) is 3.31. The molecule has 0 amide bonds. The lowest BCUT2D eigenvalue weighted by Gasteiger charge is -2.26.